The van der Waals surface area contributed by atoms with Crippen molar-refractivity contribution in [2.45, 2.75) is 32.0 Å². The summed E-state index contributed by atoms with van der Waals surface area (Å²) in [6.07, 6.45) is 0.382. The minimum absolute atomic E-state index is 0.166. The molecule has 3 rings (SSSR count). The highest BCUT2D eigenvalue weighted by atomic mass is 16.5. The van der Waals surface area contributed by atoms with Gasteiger partial charge in [-0.15, -0.1) is 0 Å². The van der Waals surface area contributed by atoms with Crippen LogP contribution >= 0.6 is 0 Å². The molecule has 0 saturated carbocycles. The Labute approximate surface area is 176 Å². The number of amides is 1. The third-order valence-electron chi connectivity index (χ3n) is 4.79. The Morgan fingerprint density at radius 2 is 1.40 bits per heavy atom. The topological polar surface area (TPSA) is 81.4 Å². The van der Waals surface area contributed by atoms with Gasteiger partial charge in [-0.25, -0.2) is 4.79 Å². The van der Waals surface area contributed by atoms with E-state index in [2.05, 4.69) is 5.32 Å². The molecule has 0 bridgehead atoms. The van der Waals surface area contributed by atoms with Gasteiger partial charge in [0.2, 0.25) is 5.91 Å². The zero-order chi connectivity index (χ0) is 21.3. The molecule has 0 aliphatic heterocycles. The molecule has 5 nitrogen and oxygen atoms in total. The number of ether oxygens (including phenoxy) is 1. The first-order chi connectivity index (χ1) is 14.5. The zero-order valence-electron chi connectivity index (χ0n) is 17.0. The summed E-state index contributed by atoms with van der Waals surface area (Å²) in [6, 6.07) is 25.9. The van der Waals surface area contributed by atoms with Crippen LogP contribution in [0.2, 0.25) is 0 Å². The number of rotatable bonds is 8. The van der Waals surface area contributed by atoms with E-state index >= 15 is 0 Å². The van der Waals surface area contributed by atoms with Crippen LogP contribution in [0.3, 0.4) is 0 Å². The Hall–Kier alpha value is -3.44. The number of carbonyl (C=O) groups excluding carboxylic acids is 2. The van der Waals surface area contributed by atoms with E-state index in [1.165, 1.54) is 0 Å². The van der Waals surface area contributed by atoms with Crippen LogP contribution in [0.15, 0.2) is 84.9 Å². The normalized spacial score (nSPS) is 12.6. The molecule has 0 heterocycles. The fraction of sp³-hybridized carbons (Fsp3) is 0.200. The summed E-state index contributed by atoms with van der Waals surface area (Å²) in [5.74, 6) is -0.877. The van der Waals surface area contributed by atoms with Crippen LogP contribution in [0.5, 0.6) is 0 Å². The van der Waals surface area contributed by atoms with E-state index < -0.39 is 18.1 Å². The van der Waals surface area contributed by atoms with Gasteiger partial charge >= 0.3 is 5.97 Å². The van der Waals surface area contributed by atoms with Crippen LogP contribution in [0.25, 0.3) is 11.1 Å². The molecule has 0 aliphatic rings. The Bertz CT molecular complexity index is 957. The average molecular weight is 402 g/mol. The number of hydrogen-bond donors (Lipinski definition) is 2. The predicted octanol–water partition coefficient (Wildman–Crippen LogP) is 3.47. The highest BCUT2D eigenvalue weighted by Crippen LogP contribution is 2.19. The van der Waals surface area contributed by atoms with Gasteiger partial charge < -0.3 is 15.8 Å². The van der Waals surface area contributed by atoms with Gasteiger partial charge in [0.05, 0.1) is 6.04 Å². The Morgan fingerprint density at radius 1 is 0.833 bits per heavy atom. The Kier molecular flexibility index (Phi) is 7.35. The van der Waals surface area contributed by atoms with Crippen LogP contribution in [0, 0.1) is 0 Å². The van der Waals surface area contributed by atoms with Gasteiger partial charge in [0.1, 0.15) is 12.6 Å². The first-order valence-electron chi connectivity index (χ1n) is 9.94. The minimum Gasteiger partial charge on any atom is -0.459 e. The number of nitrogens with one attached hydrogen (secondary N) is 1. The molecule has 1 unspecified atom stereocenters. The Balaban J connectivity index is 1.48. The van der Waals surface area contributed by atoms with Crippen molar-refractivity contribution in [1.82, 2.24) is 5.32 Å². The highest BCUT2D eigenvalue weighted by molar-refractivity contribution is 5.87. The summed E-state index contributed by atoms with van der Waals surface area (Å²) >= 11 is 0. The standard InChI is InChI=1S/C25H26N2O3/c1-18(25(29)30-17-20-8-4-2-5-9-20)27-24(28)23(26)16-19-12-14-22(15-13-19)21-10-6-3-7-11-21/h2-15,18,23H,16-17,26H2,1H3,(H,27,28)/t18?,23-/m0/s1. The van der Waals surface area contributed by atoms with Gasteiger partial charge in [0.15, 0.2) is 0 Å². The van der Waals surface area contributed by atoms with Crippen molar-refractivity contribution >= 4 is 11.9 Å². The first kappa shape index (κ1) is 21.3. The number of hydrogen-bond acceptors (Lipinski definition) is 4. The van der Waals surface area contributed by atoms with E-state index in [1.54, 1.807) is 6.92 Å². The third kappa shape index (κ3) is 6.03. The molecular formula is C25H26N2O3. The Morgan fingerprint density at radius 3 is 2.03 bits per heavy atom. The molecule has 154 valence electrons. The molecule has 3 aromatic rings. The monoisotopic (exact) mass is 402 g/mol. The maximum Gasteiger partial charge on any atom is 0.328 e. The molecule has 1 amide bonds. The predicted molar refractivity (Wildman–Crippen MR) is 117 cm³/mol. The molecule has 0 aromatic heterocycles. The van der Waals surface area contributed by atoms with Crippen molar-refractivity contribution < 1.29 is 14.3 Å². The summed E-state index contributed by atoms with van der Waals surface area (Å²) in [5, 5.41) is 2.63. The summed E-state index contributed by atoms with van der Waals surface area (Å²) in [7, 11) is 0. The van der Waals surface area contributed by atoms with E-state index in [-0.39, 0.29) is 12.5 Å². The van der Waals surface area contributed by atoms with Crippen LogP contribution in [-0.2, 0) is 27.4 Å². The second kappa shape index (κ2) is 10.4. The molecule has 5 heteroatoms. The summed E-state index contributed by atoms with van der Waals surface area (Å²) < 4.78 is 5.25. The van der Waals surface area contributed by atoms with Crippen molar-refractivity contribution in [3.63, 3.8) is 0 Å². The second-order valence-corrected chi connectivity index (χ2v) is 7.20. The fourth-order valence-corrected chi connectivity index (χ4v) is 3.04. The number of benzene rings is 3. The van der Waals surface area contributed by atoms with Gasteiger partial charge in [-0.3, -0.25) is 4.79 Å². The summed E-state index contributed by atoms with van der Waals surface area (Å²) in [6.45, 7) is 1.76. The van der Waals surface area contributed by atoms with Crippen molar-refractivity contribution in [1.29, 1.82) is 0 Å². The summed E-state index contributed by atoms with van der Waals surface area (Å²) in [4.78, 5) is 24.5. The van der Waals surface area contributed by atoms with Crippen LogP contribution in [-0.4, -0.2) is 24.0 Å². The summed E-state index contributed by atoms with van der Waals surface area (Å²) in [5.41, 5.74) is 10.1. The van der Waals surface area contributed by atoms with Crippen molar-refractivity contribution in [3.8, 4) is 11.1 Å². The quantitative estimate of drug-likeness (QED) is 0.565. The molecule has 0 aliphatic carbocycles. The maximum atomic E-state index is 12.4. The van der Waals surface area contributed by atoms with Gasteiger partial charge in [0, 0.05) is 0 Å². The molecular weight excluding hydrogens is 376 g/mol. The lowest BCUT2D eigenvalue weighted by atomic mass is 10.0. The minimum atomic E-state index is -0.771. The molecule has 0 saturated heterocycles. The largest absolute Gasteiger partial charge is 0.459 e. The zero-order valence-corrected chi connectivity index (χ0v) is 17.0. The van der Waals surface area contributed by atoms with Gasteiger partial charge in [-0.1, -0.05) is 84.9 Å². The molecule has 0 spiro atoms. The van der Waals surface area contributed by atoms with Crippen LogP contribution < -0.4 is 11.1 Å². The lowest BCUT2D eigenvalue weighted by molar-refractivity contribution is -0.148. The van der Waals surface area contributed by atoms with Crippen molar-refractivity contribution in [3.05, 3.63) is 96.1 Å². The molecule has 0 radical (unpaired) electrons. The van der Waals surface area contributed by atoms with Crippen molar-refractivity contribution in [2.24, 2.45) is 5.73 Å². The van der Waals surface area contributed by atoms with E-state index in [1.807, 2.05) is 84.9 Å². The van der Waals surface area contributed by atoms with Crippen LogP contribution in [0.1, 0.15) is 18.1 Å². The maximum absolute atomic E-state index is 12.4. The number of carbonyl (C=O) groups is 2. The fourth-order valence-electron chi connectivity index (χ4n) is 3.04. The van der Waals surface area contributed by atoms with E-state index in [4.69, 9.17) is 10.5 Å². The van der Waals surface area contributed by atoms with E-state index in [0.717, 1.165) is 22.3 Å². The molecule has 0 fully saturated rings. The lowest BCUT2D eigenvalue weighted by Gasteiger charge is -2.17. The molecule has 2 atom stereocenters. The van der Waals surface area contributed by atoms with E-state index in [0.29, 0.717) is 6.42 Å². The van der Waals surface area contributed by atoms with Gasteiger partial charge in [0.25, 0.3) is 0 Å². The number of nitrogens with two attached hydrogens (primary N) is 1. The van der Waals surface area contributed by atoms with Gasteiger partial charge in [-0.05, 0) is 35.6 Å². The lowest BCUT2D eigenvalue weighted by Crippen LogP contribution is -2.48. The average Bonchev–Trinajstić information content (AvgIpc) is 2.79. The molecule has 3 N–H and O–H groups in total. The van der Waals surface area contributed by atoms with E-state index in [9.17, 15) is 9.59 Å². The highest BCUT2D eigenvalue weighted by Gasteiger charge is 2.21. The second-order valence-electron chi connectivity index (χ2n) is 7.20. The smallest absolute Gasteiger partial charge is 0.328 e. The van der Waals surface area contributed by atoms with Crippen molar-refractivity contribution in [2.75, 3.05) is 0 Å². The third-order valence-corrected chi connectivity index (χ3v) is 4.79. The molecule has 30 heavy (non-hydrogen) atoms. The van der Waals surface area contributed by atoms with Crippen LogP contribution in [0.4, 0.5) is 0 Å². The SMILES string of the molecule is CC(NC(=O)[C@@H](N)Cc1ccc(-c2ccccc2)cc1)C(=O)OCc1ccccc1. The van der Waals surface area contributed by atoms with Gasteiger partial charge in [-0.2, -0.15) is 0 Å². The first-order valence-corrected chi connectivity index (χ1v) is 9.94. The molecule has 3 aromatic carbocycles. The number of esters is 1.